The molecule has 3 rings (SSSR count). The van der Waals surface area contributed by atoms with Crippen molar-refractivity contribution >= 4 is 23.4 Å². The number of ether oxygens (including phenoxy) is 1. The van der Waals surface area contributed by atoms with Crippen molar-refractivity contribution in [1.29, 1.82) is 0 Å². The van der Waals surface area contributed by atoms with Gasteiger partial charge >= 0.3 is 0 Å². The first kappa shape index (κ1) is 18.3. The normalized spacial score (nSPS) is 16.5. The molecule has 0 N–H and O–H groups in total. The molecule has 1 aromatic carbocycles. The molecule has 1 fully saturated rings. The van der Waals surface area contributed by atoms with Crippen molar-refractivity contribution in [1.82, 2.24) is 9.80 Å². The van der Waals surface area contributed by atoms with Crippen LogP contribution in [0.25, 0.3) is 0 Å². The number of benzene rings is 1. The van der Waals surface area contributed by atoms with Gasteiger partial charge in [-0.3, -0.25) is 9.59 Å². The van der Waals surface area contributed by atoms with Crippen molar-refractivity contribution in [3.63, 3.8) is 0 Å². The SMILES string of the molecule is CN(CCOc1ccc(Cl)cc1)C(=O)[C@@H]1CCCN1C(=O)c1ccco1. The lowest BCUT2D eigenvalue weighted by Crippen LogP contribution is -2.47. The Kier molecular flexibility index (Phi) is 5.83. The van der Waals surface area contributed by atoms with Gasteiger partial charge < -0.3 is 19.0 Å². The van der Waals surface area contributed by atoms with E-state index in [-0.39, 0.29) is 17.6 Å². The fourth-order valence-corrected chi connectivity index (χ4v) is 3.13. The summed E-state index contributed by atoms with van der Waals surface area (Å²) >= 11 is 5.84. The molecule has 138 valence electrons. The Morgan fingerprint density at radius 1 is 1.31 bits per heavy atom. The summed E-state index contributed by atoms with van der Waals surface area (Å²) in [7, 11) is 1.72. The van der Waals surface area contributed by atoms with Crippen LogP contribution in [0.5, 0.6) is 5.75 Å². The molecule has 1 saturated heterocycles. The minimum absolute atomic E-state index is 0.0814. The number of nitrogens with zero attached hydrogens (tertiary/aromatic N) is 2. The molecular formula is C19H21ClN2O4. The van der Waals surface area contributed by atoms with E-state index in [0.717, 1.165) is 6.42 Å². The van der Waals surface area contributed by atoms with Crippen LogP contribution in [-0.2, 0) is 4.79 Å². The summed E-state index contributed by atoms with van der Waals surface area (Å²) in [6.45, 7) is 1.36. The quantitative estimate of drug-likeness (QED) is 0.777. The zero-order chi connectivity index (χ0) is 18.5. The van der Waals surface area contributed by atoms with E-state index in [1.165, 1.54) is 6.26 Å². The van der Waals surface area contributed by atoms with Crippen LogP contribution in [0.1, 0.15) is 23.4 Å². The third-order valence-corrected chi connectivity index (χ3v) is 4.67. The highest BCUT2D eigenvalue weighted by Gasteiger charge is 2.36. The summed E-state index contributed by atoms with van der Waals surface area (Å²) in [5, 5.41) is 0.646. The van der Waals surface area contributed by atoms with E-state index in [4.69, 9.17) is 20.8 Å². The van der Waals surface area contributed by atoms with Crippen LogP contribution in [0.15, 0.2) is 47.1 Å². The number of carbonyl (C=O) groups is 2. The van der Waals surface area contributed by atoms with Crippen molar-refractivity contribution in [2.75, 3.05) is 26.7 Å². The van der Waals surface area contributed by atoms with Gasteiger partial charge in [-0.25, -0.2) is 0 Å². The van der Waals surface area contributed by atoms with E-state index >= 15 is 0 Å². The second-order valence-corrected chi connectivity index (χ2v) is 6.63. The van der Waals surface area contributed by atoms with Crippen LogP contribution < -0.4 is 4.74 Å². The smallest absolute Gasteiger partial charge is 0.290 e. The summed E-state index contributed by atoms with van der Waals surface area (Å²) < 4.78 is 10.8. The molecule has 1 aliphatic heterocycles. The molecule has 0 spiro atoms. The molecule has 0 aliphatic carbocycles. The van der Waals surface area contributed by atoms with E-state index in [2.05, 4.69) is 0 Å². The fraction of sp³-hybridized carbons (Fsp3) is 0.368. The first-order valence-electron chi connectivity index (χ1n) is 8.54. The summed E-state index contributed by atoms with van der Waals surface area (Å²) in [5.74, 6) is 0.642. The topological polar surface area (TPSA) is 63.0 Å². The number of likely N-dealkylation sites (tertiary alicyclic amines) is 1. The van der Waals surface area contributed by atoms with Crippen LogP contribution in [0.4, 0.5) is 0 Å². The molecule has 26 heavy (non-hydrogen) atoms. The number of likely N-dealkylation sites (N-methyl/N-ethyl adjacent to an activating group) is 1. The Morgan fingerprint density at radius 3 is 2.77 bits per heavy atom. The minimum Gasteiger partial charge on any atom is -0.492 e. The lowest BCUT2D eigenvalue weighted by molar-refractivity contribution is -0.134. The van der Waals surface area contributed by atoms with Crippen LogP contribution in [0, 0.1) is 0 Å². The number of hydrogen-bond acceptors (Lipinski definition) is 4. The Labute approximate surface area is 157 Å². The molecule has 0 radical (unpaired) electrons. The largest absolute Gasteiger partial charge is 0.492 e. The van der Waals surface area contributed by atoms with Gasteiger partial charge in [0.25, 0.3) is 5.91 Å². The molecule has 0 unspecified atom stereocenters. The Balaban J connectivity index is 1.53. The molecule has 6 nitrogen and oxygen atoms in total. The lowest BCUT2D eigenvalue weighted by atomic mass is 10.2. The zero-order valence-corrected chi connectivity index (χ0v) is 15.3. The number of halogens is 1. The van der Waals surface area contributed by atoms with Gasteiger partial charge in [0.2, 0.25) is 5.91 Å². The van der Waals surface area contributed by atoms with Gasteiger partial charge in [-0.2, -0.15) is 0 Å². The molecular weight excluding hydrogens is 356 g/mol. The van der Waals surface area contributed by atoms with Gasteiger partial charge in [-0.15, -0.1) is 0 Å². The predicted octanol–water partition coefficient (Wildman–Crippen LogP) is 3.08. The molecule has 2 heterocycles. The van der Waals surface area contributed by atoms with Crippen molar-refractivity contribution in [3.8, 4) is 5.75 Å². The van der Waals surface area contributed by atoms with E-state index in [1.54, 1.807) is 53.2 Å². The Hall–Kier alpha value is -2.47. The molecule has 0 saturated carbocycles. The number of amides is 2. The van der Waals surface area contributed by atoms with Gasteiger partial charge in [-0.1, -0.05) is 11.6 Å². The molecule has 2 amide bonds. The van der Waals surface area contributed by atoms with E-state index in [0.29, 0.717) is 36.9 Å². The highest BCUT2D eigenvalue weighted by molar-refractivity contribution is 6.30. The van der Waals surface area contributed by atoms with Crippen LogP contribution in [0.2, 0.25) is 5.02 Å². The van der Waals surface area contributed by atoms with Crippen LogP contribution in [-0.4, -0.2) is 54.4 Å². The standard InChI is InChI=1S/C19H21ClN2O4/c1-21(11-13-25-15-8-6-14(20)7-9-15)18(23)16-4-2-10-22(16)19(24)17-5-3-12-26-17/h3,5-9,12,16H,2,4,10-11,13H2,1H3/t16-/m0/s1. The number of carbonyl (C=O) groups excluding carboxylic acids is 2. The van der Waals surface area contributed by atoms with E-state index in [1.807, 2.05) is 0 Å². The van der Waals surface area contributed by atoms with Gasteiger partial charge in [0.15, 0.2) is 5.76 Å². The average molecular weight is 377 g/mol. The highest BCUT2D eigenvalue weighted by atomic mass is 35.5. The number of rotatable bonds is 6. The van der Waals surface area contributed by atoms with Crippen molar-refractivity contribution in [2.45, 2.75) is 18.9 Å². The fourth-order valence-electron chi connectivity index (χ4n) is 3.00. The zero-order valence-electron chi connectivity index (χ0n) is 14.6. The van der Waals surface area contributed by atoms with Gasteiger partial charge in [0.05, 0.1) is 12.8 Å². The maximum atomic E-state index is 12.7. The van der Waals surface area contributed by atoms with Crippen molar-refractivity contribution < 1.29 is 18.7 Å². The summed E-state index contributed by atoms with van der Waals surface area (Å²) in [4.78, 5) is 28.4. The maximum Gasteiger partial charge on any atom is 0.290 e. The van der Waals surface area contributed by atoms with Crippen LogP contribution in [0.3, 0.4) is 0 Å². The summed E-state index contributed by atoms with van der Waals surface area (Å²) in [5.41, 5.74) is 0. The van der Waals surface area contributed by atoms with Gasteiger partial charge in [-0.05, 0) is 49.2 Å². The Bertz CT molecular complexity index is 745. The van der Waals surface area contributed by atoms with Gasteiger partial charge in [0.1, 0.15) is 18.4 Å². The lowest BCUT2D eigenvalue weighted by Gasteiger charge is -2.27. The predicted molar refractivity (Wildman–Crippen MR) is 97.4 cm³/mol. The number of hydrogen-bond donors (Lipinski definition) is 0. The Morgan fingerprint density at radius 2 is 2.08 bits per heavy atom. The summed E-state index contributed by atoms with van der Waals surface area (Å²) in [6.07, 6.45) is 2.92. The molecule has 1 atom stereocenters. The van der Waals surface area contributed by atoms with Crippen molar-refractivity contribution in [3.05, 3.63) is 53.4 Å². The monoisotopic (exact) mass is 376 g/mol. The van der Waals surface area contributed by atoms with Crippen LogP contribution >= 0.6 is 11.6 Å². The highest BCUT2D eigenvalue weighted by Crippen LogP contribution is 2.22. The third kappa shape index (κ3) is 4.19. The van der Waals surface area contributed by atoms with Crippen molar-refractivity contribution in [2.24, 2.45) is 0 Å². The number of furan rings is 1. The van der Waals surface area contributed by atoms with E-state index < -0.39 is 6.04 Å². The summed E-state index contributed by atoms with van der Waals surface area (Å²) in [6, 6.07) is 9.90. The second-order valence-electron chi connectivity index (χ2n) is 6.20. The third-order valence-electron chi connectivity index (χ3n) is 4.42. The first-order valence-corrected chi connectivity index (χ1v) is 8.92. The van der Waals surface area contributed by atoms with Gasteiger partial charge in [0, 0.05) is 18.6 Å². The first-order chi connectivity index (χ1) is 12.6. The molecule has 2 aromatic rings. The van der Waals surface area contributed by atoms with E-state index in [9.17, 15) is 9.59 Å². The minimum atomic E-state index is -0.451. The second kappa shape index (κ2) is 8.27. The molecule has 0 bridgehead atoms. The maximum absolute atomic E-state index is 12.7. The molecule has 7 heteroatoms. The molecule has 1 aliphatic rings. The molecule has 1 aromatic heterocycles. The average Bonchev–Trinajstić information content (AvgIpc) is 3.34.